The first kappa shape index (κ1) is 36.0. The Balaban J connectivity index is 0.909. The minimum absolute atomic E-state index is 0.192. The van der Waals surface area contributed by atoms with Crippen molar-refractivity contribution in [2.75, 3.05) is 33.0 Å². The van der Waals surface area contributed by atoms with Crippen LogP contribution in [0.25, 0.3) is 11.1 Å². The molecular weight excluding hydrogens is 637 g/mol. The Morgan fingerprint density at radius 3 is 1.66 bits per heavy atom. The van der Waals surface area contributed by atoms with Crippen molar-refractivity contribution in [2.45, 2.75) is 83.9 Å². The average molecular weight is 687 g/mol. The van der Waals surface area contributed by atoms with Crippen LogP contribution in [0.3, 0.4) is 0 Å². The smallest absolute Gasteiger partial charge is 0.494 e. The van der Waals surface area contributed by atoms with Crippen LogP contribution in [-0.2, 0) is 35.2 Å². The second-order valence-electron chi connectivity index (χ2n) is 14.1. The maximum atomic E-state index is 12.5. The van der Waals surface area contributed by atoms with Gasteiger partial charge in [0.2, 0.25) is 0 Å². The Kier molecular flexibility index (Phi) is 11.9. The van der Waals surface area contributed by atoms with Crippen LogP contribution in [0.4, 0.5) is 13.2 Å². The lowest BCUT2D eigenvalue weighted by Gasteiger charge is -2.40. The van der Waals surface area contributed by atoms with E-state index >= 15 is 0 Å². The molecule has 1 heterocycles. The van der Waals surface area contributed by atoms with Gasteiger partial charge in [-0.05, 0) is 120 Å². The molecule has 0 bridgehead atoms. The fraction of sp³-hybridized carbons (Fsp3) is 0.442. The maximum Gasteiger partial charge on any atom is 0.573 e. The van der Waals surface area contributed by atoms with Crippen LogP contribution in [0.5, 0.6) is 11.5 Å². The minimum Gasteiger partial charge on any atom is -0.494 e. The van der Waals surface area contributed by atoms with Crippen LogP contribution in [0.15, 0.2) is 84.9 Å². The monoisotopic (exact) mass is 686 g/mol. The number of hydrogen-bond acceptors (Lipinski definition) is 4. The maximum absolute atomic E-state index is 12.5. The van der Waals surface area contributed by atoms with E-state index in [2.05, 4.69) is 79.2 Å². The van der Waals surface area contributed by atoms with E-state index in [1.165, 1.54) is 57.5 Å². The highest BCUT2D eigenvalue weighted by molar-refractivity contribution is 5.79. The molecule has 4 aromatic carbocycles. The van der Waals surface area contributed by atoms with Gasteiger partial charge in [-0.15, -0.1) is 13.2 Å². The number of ether oxygens (including phenoxy) is 4. The minimum atomic E-state index is -4.68. The summed E-state index contributed by atoms with van der Waals surface area (Å²) in [6.45, 7) is 8.59. The van der Waals surface area contributed by atoms with E-state index in [1.807, 2.05) is 0 Å². The molecule has 1 atom stereocenters. The summed E-state index contributed by atoms with van der Waals surface area (Å²) in [5.74, 6) is 1.05. The first-order valence-electron chi connectivity index (χ1n) is 18.2. The lowest BCUT2D eigenvalue weighted by atomic mass is 9.84. The van der Waals surface area contributed by atoms with Gasteiger partial charge in [-0.2, -0.15) is 0 Å². The van der Waals surface area contributed by atoms with E-state index in [0.29, 0.717) is 5.92 Å². The zero-order valence-electron chi connectivity index (χ0n) is 29.3. The Bertz CT molecular complexity index is 1670. The number of rotatable bonds is 18. The molecule has 7 heteroatoms. The van der Waals surface area contributed by atoms with Gasteiger partial charge in [0.15, 0.2) is 0 Å². The first-order valence-corrected chi connectivity index (χ1v) is 18.2. The normalized spacial score (nSPS) is 16.1. The van der Waals surface area contributed by atoms with Crippen molar-refractivity contribution in [3.63, 3.8) is 0 Å². The van der Waals surface area contributed by atoms with Crippen molar-refractivity contribution < 1.29 is 32.1 Å². The number of hydrogen-bond donors (Lipinski definition) is 0. The van der Waals surface area contributed by atoms with E-state index in [9.17, 15) is 13.2 Å². The summed E-state index contributed by atoms with van der Waals surface area (Å²) in [6, 6.07) is 28.3. The van der Waals surface area contributed by atoms with Crippen LogP contribution < -0.4 is 9.47 Å². The number of aryl methyl sites for hydroxylation is 4. The van der Waals surface area contributed by atoms with Crippen LogP contribution in [-0.4, -0.2) is 39.4 Å². The van der Waals surface area contributed by atoms with Crippen molar-refractivity contribution in [1.82, 2.24) is 0 Å². The molecule has 266 valence electrons. The number of halogens is 3. The highest BCUT2D eigenvalue weighted by Gasteiger charge is 2.37. The summed E-state index contributed by atoms with van der Waals surface area (Å²) < 4.78 is 58.7. The third-order valence-electron chi connectivity index (χ3n) is 10.4. The number of alkyl halides is 3. The summed E-state index contributed by atoms with van der Waals surface area (Å²) in [7, 11) is 0. The summed E-state index contributed by atoms with van der Waals surface area (Å²) in [5.41, 5.74) is 10.4. The predicted molar refractivity (Wildman–Crippen MR) is 192 cm³/mol. The van der Waals surface area contributed by atoms with Crippen LogP contribution in [0.1, 0.15) is 85.3 Å². The van der Waals surface area contributed by atoms with E-state index in [-0.39, 0.29) is 11.2 Å². The van der Waals surface area contributed by atoms with Gasteiger partial charge in [-0.1, -0.05) is 80.9 Å². The van der Waals surface area contributed by atoms with E-state index < -0.39 is 6.36 Å². The third-order valence-corrected chi connectivity index (χ3v) is 10.4. The van der Waals surface area contributed by atoms with Crippen LogP contribution >= 0.6 is 0 Å². The molecule has 0 aromatic heterocycles. The van der Waals surface area contributed by atoms with Crippen molar-refractivity contribution in [3.05, 3.63) is 118 Å². The highest BCUT2D eigenvalue weighted by Crippen LogP contribution is 2.45. The lowest BCUT2D eigenvalue weighted by molar-refractivity contribution is -0.274. The second-order valence-corrected chi connectivity index (χ2v) is 14.1. The van der Waals surface area contributed by atoms with Gasteiger partial charge in [0.05, 0.1) is 26.4 Å². The standard InChI is InChI=1S/C43H49F3O4/c1-3-42(29-48-30-42)28-47-24-6-4-5-7-25-49-36-18-12-32(13-19-36)8-10-34-16-22-38-39-23-17-35(27-41(39)31(2)40(38)26-34)11-9-33-14-20-37(21-15-33)50-43(44,45)46/h12-23,26-27,31H,3-11,24-25,28-30H2,1-2H3. The molecule has 0 spiro atoms. The Morgan fingerprint density at radius 2 is 1.16 bits per heavy atom. The SMILES string of the molecule is CCC1(COCCCCCCOc2ccc(CCc3ccc4c(c3)C(C)c3cc(CCc5ccc(OC(F)(F)F)cc5)ccc3-4)cc2)COC1. The van der Waals surface area contributed by atoms with Gasteiger partial charge in [0.1, 0.15) is 11.5 Å². The van der Waals surface area contributed by atoms with Crippen molar-refractivity contribution in [3.8, 4) is 22.6 Å². The number of benzene rings is 4. The van der Waals surface area contributed by atoms with Gasteiger partial charge in [-0.3, -0.25) is 0 Å². The Hall–Kier alpha value is -3.81. The zero-order valence-corrected chi connectivity index (χ0v) is 29.3. The largest absolute Gasteiger partial charge is 0.573 e. The molecule has 0 N–H and O–H groups in total. The van der Waals surface area contributed by atoms with Crippen molar-refractivity contribution in [1.29, 1.82) is 0 Å². The van der Waals surface area contributed by atoms with Gasteiger partial charge in [0.25, 0.3) is 0 Å². The zero-order chi connectivity index (χ0) is 35.0. The third kappa shape index (κ3) is 9.49. The van der Waals surface area contributed by atoms with Gasteiger partial charge in [0, 0.05) is 17.9 Å². The second kappa shape index (κ2) is 16.5. The summed E-state index contributed by atoms with van der Waals surface area (Å²) in [5, 5.41) is 0. The quantitative estimate of drug-likeness (QED) is 0.0977. The van der Waals surface area contributed by atoms with E-state index in [0.717, 1.165) is 95.7 Å². The van der Waals surface area contributed by atoms with Crippen LogP contribution in [0, 0.1) is 5.41 Å². The average Bonchev–Trinajstić information content (AvgIpc) is 3.37. The number of unbranched alkanes of at least 4 members (excludes halogenated alkanes) is 3. The van der Waals surface area contributed by atoms with Gasteiger partial charge in [-0.25, -0.2) is 0 Å². The first-order chi connectivity index (χ1) is 24.2. The molecule has 4 aromatic rings. The van der Waals surface area contributed by atoms with Crippen molar-refractivity contribution in [2.24, 2.45) is 5.41 Å². The van der Waals surface area contributed by atoms with E-state index in [1.54, 1.807) is 12.1 Å². The molecule has 50 heavy (non-hydrogen) atoms. The molecule has 1 aliphatic heterocycles. The molecule has 0 saturated carbocycles. The molecule has 1 aliphatic carbocycles. The molecule has 0 amide bonds. The van der Waals surface area contributed by atoms with Gasteiger partial charge < -0.3 is 18.9 Å². The molecular formula is C43H49F3O4. The molecule has 1 unspecified atom stereocenters. The summed E-state index contributed by atoms with van der Waals surface area (Å²) in [4.78, 5) is 0. The summed E-state index contributed by atoms with van der Waals surface area (Å²) in [6.07, 6.45) is 4.44. The van der Waals surface area contributed by atoms with Gasteiger partial charge >= 0.3 is 6.36 Å². The molecule has 6 rings (SSSR count). The molecule has 0 radical (unpaired) electrons. The topological polar surface area (TPSA) is 36.9 Å². The lowest BCUT2D eigenvalue weighted by Crippen LogP contribution is -2.45. The molecule has 1 fully saturated rings. The molecule has 2 aliphatic rings. The summed E-state index contributed by atoms with van der Waals surface area (Å²) >= 11 is 0. The molecule has 1 saturated heterocycles. The van der Waals surface area contributed by atoms with Crippen molar-refractivity contribution >= 4 is 0 Å². The fourth-order valence-electron chi connectivity index (χ4n) is 7.02. The highest BCUT2D eigenvalue weighted by atomic mass is 19.4. The van der Waals surface area contributed by atoms with Crippen LogP contribution in [0.2, 0.25) is 0 Å². The molecule has 4 nitrogen and oxygen atoms in total. The fourth-order valence-corrected chi connectivity index (χ4v) is 7.02. The number of fused-ring (bicyclic) bond motifs is 3. The van der Waals surface area contributed by atoms with E-state index in [4.69, 9.17) is 14.2 Å². The Morgan fingerprint density at radius 1 is 0.660 bits per heavy atom. The predicted octanol–water partition coefficient (Wildman–Crippen LogP) is 10.7. The Labute approximate surface area is 294 Å².